The molecule has 0 unspecified atom stereocenters. The topological polar surface area (TPSA) is 73.6 Å². The molecular formula is C21H21FN2O4. The Morgan fingerprint density at radius 3 is 2.64 bits per heavy atom. The summed E-state index contributed by atoms with van der Waals surface area (Å²) in [6.45, 7) is 2.42. The molecule has 1 heterocycles. The fourth-order valence-corrected chi connectivity index (χ4v) is 2.58. The van der Waals surface area contributed by atoms with Crippen LogP contribution in [0.1, 0.15) is 11.5 Å². The average Bonchev–Trinajstić information content (AvgIpc) is 3.06. The number of hydrogen-bond donors (Lipinski definition) is 1. The Bertz CT molecular complexity index is 938. The number of methoxy groups -OCH3 is 1. The molecule has 2 aromatic carbocycles. The summed E-state index contributed by atoms with van der Waals surface area (Å²) in [5, 5.41) is 2.78. The molecule has 0 aliphatic carbocycles. The number of carbonyl (C=O) groups excluding carboxylic acids is 1. The van der Waals surface area contributed by atoms with Crippen LogP contribution in [0.4, 0.5) is 4.39 Å². The maximum atomic E-state index is 13.4. The Morgan fingerprint density at radius 2 is 1.93 bits per heavy atom. The van der Waals surface area contributed by atoms with E-state index in [-0.39, 0.29) is 18.1 Å². The van der Waals surface area contributed by atoms with Gasteiger partial charge in [-0.2, -0.15) is 0 Å². The highest BCUT2D eigenvalue weighted by atomic mass is 19.1. The predicted molar refractivity (Wildman–Crippen MR) is 102 cm³/mol. The van der Waals surface area contributed by atoms with E-state index in [1.54, 1.807) is 50.4 Å². The SMILES string of the molecule is COc1ccc(OCCNC(=O)Cc2nc(-c3cccc(F)c3)oc2C)cc1. The summed E-state index contributed by atoms with van der Waals surface area (Å²) in [6, 6.07) is 13.2. The monoisotopic (exact) mass is 384 g/mol. The molecule has 1 amide bonds. The van der Waals surface area contributed by atoms with Gasteiger partial charge in [0.25, 0.3) is 0 Å². The number of benzene rings is 2. The molecule has 146 valence electrons. The summed E-state index contributed by atoms with van der Waals surface area (Å²) in [4.78, 5) is 16.5. The molecule has 0 radical (unpaired) electrons. The van der Waals surface area contributed by atoms with Crippen LogP contribution in [0.25, 0.3) is 11.5 Å². The number of carbonyl (C=O) groups is 1. The van der Waals surface area contributed by atoms with Crippen molar-refractivity contribution in [1.82, 2.24) is 10.3 Å². The number of hydrogen-bond acceptors (Lipinski definition) is 5. The number of halogens is 1. The Kier molecular flexibility index (Phi) is 6.26. The van der Waals surface area contributed by atoms with Gasteiger partial charge in [-0.3, -0.25) is 4.79 Å². The van der Waals surface area contributed by atoms with E-state index in [0.717, 1.165) is 5.75 Å². The van der Waals surface area contributed by atoms with Crippen molar-refractivity contribution < 1.29 is 23.1 Å². The fourth-order valence-electron chi connectivity index (χ4n) is 2.58. The van der Waals surface area contributed by atoms with Crippen LogP contribution < -0.4 is 14.8 Å². The molecule has 28 heavy (non-hydrogen) atoms. The summed E-state index contributed by atoms with van der Waals surface area (Å²) >= 11 is 0. The first-order valence-corrected chi connectivity index (χ1v) is 8.81. The van der Waals surface area contributed by atoms with Crippen LogP contribution in [0.15, 0.2) is 52.9 Å². The number of nitrogens with one attached hydrogen (secondary N) is 1. The van der Waals surface area contributed by atoms with Crippen molar-refractivity contribution in [2.75, 3.05) is 20.3 Å². The summed E-state index contributed by atoms with van der Waals surface area (Å²) < 4.78 is 29.6. The maximum absolute atomic E-state index is 13.4. The molecule has 0 aliphatic heterocycles. The van der Waals surface area contributed by atoms with Gasteiger partial charge >= 0.3 is 0 Å². The lowest BCUT2D eigenvalue weighted by Crippen LogP contribution is -2.29. The Balaban J connectivity index is 1.48. The number of nitrogens with zero attached hydrogens (tertiary/aromatic N) is 1. The second-order valence-electron chi connectivity index (χ2n) is 6.08. The fraction of sp³-hybridized carbons (Fsp3) is 0.238. The van der Waals surface area contributed by atoms with Crippen molar-refractivity contribution in [1.29, 1.82) is 0 Å². The molecule has 1 N–H and O–H groups in total. The van der Waals surface area contributed by atoms with Gasteiger partial charge in [-0.05, 0) is 49.4 Å². The average molecular weight is 384 g/mol. The van der Waals surface area contributed by atoms with Gasteiger partial charge < -0.3 is 19.2 Å². The third-order valence-corrected chi connectivity index (χ3v) is 4.04. The highest BCUT2D eigenvalue weighted by Gasteiger charge is 2.15. The van der Waals surface area contributed by atoms with E-state index in [9.17, 15) is 9.18 Å². The molecule has 3 aromatic rings. The van der Waals surface area contributed by atoms with Gasteiger partial charge in [-0.1, -0.05) is 6.07 Å². The minimum atomic E-state index is -0.371. The second-order valence-corrected chi connectivity index (χ2v) is 6.08. The van der Waals surface area contributed by atoms with E-state index in [2.05, 4.69) is 10.3 Å². The van der Waals surface area contributed by atoms with Crippen molar-refractivity contribution in [3.63, 3.8) is 0 Å². The molecule has 1 aromatic heterocycles. The Morgan fingerprint density at radius 1 is 1.18 bits per heavy atom. The lowest BCUT2D eigenvalue weighted by Gasteiger charge is -2.08. The van der Waals surface area contributed by atoms with E-state index in [1.165, 1.54) is 12.1 Å². The molecule has 0 bridgehead atoms. The van der Waals surface area contributed by atoms with Gasteiger partial charge in [0, 0.05) is 5.56 Å². The van der Waals surface area contributed by atoms with Crippen molar-refractivity contribution in [2.45, 2.75) is 13.3 Å². The normalized spacial score (nSPS) is 10.5. The van der Waals surface area contributed by atoms with Crippen LogP contribution in [0.5, 0.6) is 11.5 Å². The Hall–Kier alpha value is -3.35. The van der Waals surface area contributed by atoms with Gasteiger partial charge in [0.05, 0.1) is 25.8 Å². The highest BCUT2D eigenvalue weighted by molar-refractivity contribution is 5.78. The molecule has 6 nitrogen and oxygen atoms in total. The van der Waals surface area contributed by atoms with Crippen molar-refractivity contribution in [3.05, 3.63) is 65.8 Å². The van der Waals surface area contributed by atoms with E-state index in [0.29, 0.717) is 41.8 Å². The van der Waals surface area contributed by atoms with Crippen molar-refractivity contribution in [3.8, 4) is 23.0 Å². The minimum Gasteiger partial charge on any atom is -0.497 e. The van der Waals surface area contributed by atoms with E-state index < -0.39 is 0 Å². The van der Waals surface area contributed by atoms with Crippen LogP contribution in [0.3, 0.4) is 0 Å². The van der Waals surface area contributed by atoms with E-state index in [1.807, 2.05) is 0 Å². The molecule has 3 rings (SSSR count). The number of aryl methyl sites for hydroxylation is 1. The highest BCUT2D eigenvalue weighted by Crippen LogP contribution is 2.22. The molecule has 0 spiro atoms. The van der Waals surface area contributed by atoms with Crippen molar-refractivity contribution >= 4 is 5.91 Å². The summed E-state index contributed by atoms with van der Waals surface area (Å²) in [5.41, 5.74) is 1.05. The second kappa shape index (κ2) is 9.03. The third kappa shape index (κ3) is 5.09. The minimum absolute atomic E-state index is 0.0766. The molecule has 0 fully saturated rings. The van der Waals surface area contributed by atoms with Gasteiger partial charge in [0.15, 0.2) is 0 Å². The largest absolute Gasteiger partial charge is 0.497 e. The van der Waals surface area contributed by atoms with Gasteiger partial charge in [0.2, 0.25) is 11.8 Å². The first-order valence-electron chi connectivity index (χ1n) is 8.81. The number of amides is 1. The number of rotatable bonds is 8. The molecule has 7 heteroatoms. The van der Waals surface area contributed by atoms with Gasteiger partial charge in [-0.15, -0.1) is 0 Å². The van der Waals surface area contributed by atoms with E-state index in [4.69, 9.17) is 13.9 Å². The summed E-state index contributed by atoms with van der Waals surface area (Å²) in [7, 11) is 1.60. The molecular weight excluding hydrogens is 363 g/mol. The van der Waals surface area contributed by atoms with Crippen LogP contribution in [0, 0.1) is 12.7 Å². The molecule has 0 saturated heterocycles. The lowest BCUT2D eigenvalue weighted by atomic mass is 10.2. The number of oxazole rings is 1. The quantitative estimate of drug-likeness (QED) is 0.602. The van der Waals surface area contributed by atoms with Gasteiger partial charge in [-0.25, -0.2) is 9.37 Å². The van der Waals surface area contributed by atoms with Crippen LogP contribution in [0.2, 0.25) is 0 Å². The summed E-state index contributed by atoms with van der Waals surface area (Å²) in [6.07, 6.45) is 0.0766. The first kappa shape index (κ1) is 19.4. The zero-order chi connectivity index (χ0) is 19.9. The standard InChI is InChI=1S/C21H21FN2O4/c1-14-19(24-21(28-14)15-4-3-5-16(22)12-15)13-20(25)23-10-11-27-18-8-6-17(26-2)7-9-18/h3-9,12H,10-11,13H2,1-2H3,(H,23,25). The van der Waals surface area contributed by atoms with Crippen LogP contribution in [-0.2, 0) is 11.2 Å². The number of aromatic nitrogens is 1. The number of ether oxygens (including phenoxy) is 2. The smallest absolute Gasteiger partial charge is 0.226 e. The third-order valence-electron chi connectivity index (χ3n) is 4.04. The summed E-state index contributed by atoms with van der Waals surface area (Å²) in [5.74, 6) is 1.71. The van der Waals surface area contributed by atoms with Crippen molar-refractivity contribution in [2.24, 2.45) is 0 Å². The van der Waals surface area contributed by atoms with E-state index >= 15 is 0 Å². The zero-order valence-corrected chi connectivity index (χ0v) is 15.7. The predicted octanol–water partition coefficient (Wildman–Crippen LogP) is 3.54. The Labute approximate surface area is 162 Å². The lowest BCUT2D eigenvalue weighted by molar-refractivity contribution is -0.120. The van der Waals surface area contributed by atoms with Crippen LogP contribution in [-0.4, -0.2) is 31.2 Å². The molecule has 0 aliphatic rings. The molecule has 0 atom stereocenters. The van der Waals surface area contributed by atoms with Crippen LogP contribution >= 0.6 is 0 Å². The first-order chi connectivity index (χ1) is 13.5. The van der Waals surface area contributed by atoms with Gasteiger partial charge in [0.1, 0.15) is 29.7 Å². The molecule has 0 saturated carbocycles. The zero-order valence-electron chi connectivity index (χ0n) is 15.7. The maximum Gasteiger partial charge on any atom is 0.226 e.